The zero-order valence-corrected chi connectivity index (χ0v) is 6.23. The number of primary amides is 1. The lowest BCUT2D eigenvalue weighted by Crippen LogP contribution is -2.32. The van der Waals surface area contributed by atoms with Gasteiger partial charge in [0.05, 0.1) is 0 Å². The minimum Gasteiger partial charge on any atom is -0.370 e. The van der Waals surface area contributed by atoms with Gasteiger partial charge in [0.25, 0.3) is 0 Å². The Kier molecular flexibility index (Phi) is 4.54. The maximum Gasteiger partial charge on any atom is 0.355 e. The van der Waals surface area contributed by atoms with Crippen LogP contribution >= 0.6 is 0 Å². The highest BCUT2D eigenvalue weighted by molar-refractivity contribution is 5.78. The van der Waals surface area contributed by atoms with Crippen molar-refractivity contribution in [1.82, 2.24) is 0 Å². The number of carbonyl (C=O) groups excluding carboxylic acids is 2. The van der Waals surface area contributed by atoms with Crippen LogP contribution in [0.1, 0.15) is 12.8 Å². The molecule has 0 bridgehead atoms. The van der Waals surface area contributed by atoms with Gasteiger partial charge in [-0.3, -0.25) is 9.63 Å². The summed E-state index contributed by atoms with van der Waals surface area (Å²) in [5.74, 6) is -1.54. The molecule has 0 aromatic rings. The van der Waals surface area contributed by atoms with Crippen molar-refractivity contribution in [3.8, 4) is 0 Å². The molecule has 7 nitrogen and oxygen atoms in total. The molecular weight excluding hydrogens is 166 g/mol. The number of nitrogens with zero attached hydrogens (tertiary/aromatic N) is 1. The highest BCUT2D eigenvalue weighted by atomic mass is 16.7. The first kappa shape index (κ1) is 10.5. The smallest absolute Gasteiger partial charge is 0.355 e. The fourth-order valence-corrected chi connectivity index (χ4v) is 0.520. The summed E-state index contributed by atoms with van der Waals surface area (Å²) in [5, 5.41) is 1.89. The van der Waals surface area contributed by atoms with Crippen molar-refractivity contribution in [2.75, 3.05) is 0 Å². The number of nitrogens with two attached hydrogens (primary N) is 2. The quantitative estimate of drug-likeness (QED) is 0.401. The summed E-state index contributed by atoms with van der Waals surface area (Å²) in [5.41, 5.74) is 9.95. The van der Waals surface area contributed by atoms with Gasteiger partial charge in [0, 0.05) is 6.42 Å². The number of hydrogen-bond acceptors (Lipinski definition) is 6. The first-order chi connectivity index (χ1) is 5.57. The van der Waals surface area contributed by atoms with E-state index in [-0.39, 0.29) is 12.8 Å². The van der Waals surface area contributed by atoms with Crippen molar-refractivity contribution in [2.24, 2.45) is 16.8 Å². The van der Waals surface area contributed by atoms with Crippen molar-refractivity contribution in [2.45, 2.75) is 18.9 Å². The summed E-state index contributed by atoms with van der Waals surface area (Å²) in [6.45, 7) is 0. The zero-order chi connectivity index (χ0) is 9.56. The van der Waals surface area contributed by atoms with Crippen LogP contribution in [-0.2, 0) is 14.4 Å². The molecule has 0 saturated heterocycles. The molecule has 1 atom stereocenters. The molecule has 0 aliphatic carbocycles. The first-order valence-corrected chi connectivity index (χ1v) is 3.15. The fraction of sp³-hybridized carbons (Fsp3) is 0.600. The Morgan fingerprint density at radius 1 is 1.50 bits per heavy atom. The van der Waals surface area contributed by atoms with Crippen LogP contribution in [0.15, 0.2) is 5.34 Å². The van der Waals surface area contributed by atoms with Gasteiger partial charge in [0.1, 0.15) is 6.04 Å². The SMILES string of the molecule is NC(=O)CC[C@H](N)C(=O)ON=O. The number of hydrogen-bond donors (Lipinski definition) is 2. The topological polar surface area (TPSA) is 125 Å². The highest BCUT2D eigenvalue weighted by Gasteiger charge is 2.16. The third-order valence-electron chi connectivity index (χ3n) is 1.13. The number of amides is 1. The summed E-state index contributed by atoms with van der Waals surface area (Å²) in [6.07, 6.45) is 0.0127. The van der Waals surface area contributed by atoms with Crippen molar-refractivity contribution >= 4 is 11.9 Å². The van der Waals surface area contributed by atoms with E-state index in [2.05, 4.69) is 4.84 Å². The Morgan fingerprint density at radius 2 is 2.08 bits per heavy atom. The summed E-state index contributed by atoms with van der Waals surface area (Å²) in [6, 6.07) is -1.03. The molecule has 0 radical (unpaired) electrons. The fourth-order valence-electron chi connectivity index (χ4n) is 0.520. The molecule has 0 rings (SSSR count). The van der Waals surface area contributed by atoms with Crippen LogP contribution in [-0.4, -0.2) is 17.9 Å². The van der Waals surface area contributed by atoms with Crippen LogP contribution in [0, 0.1) is 4.91 Å². The third kappa shape index (κ3) is 4.34. The zero-order valence-electron chi connectivity index (χ0n) is 6.23. The molecule has 0 spiro atoms. The minimum atomic E-state index is -1.03. The number of carbonyl (C=O) groups is 2. The lowest BCUT2D eigenvalue weighted by Gasteiger charge is -2.03. The Morgan fingerprint density at radius 3 is 2.50 bits per heavy atom. The van der Waals surface area contributed by atoms with Gasteiger partial charge in [-0.2, -0.15) is 0 Å². The molecular formula is C5H9N3O4. The van der Waals surface area contributed by atoms with E-state index < -0.39 is 17.9 Å². The standard InChI is InChI=1S/C5H9N3O4/c6-3(1-2-4(7)9)5(10)12-8-11/h3H,1-2,6H2,(H2,7,9)/t3-/m0/s1. The van der Waals surface area contributed by atoms with Crippen LogP contribution in [0.5, 0.6) is 0 Å². The van der Waals surface area contributed by atoms with E-state index in [0.717, 1.165) is 0 Å². The predicted molar refractivity (Wildman–Crippen MR) is 38.3 cm³/mol. The molecule has 0 aliphatic heterocycles. The van der Waals surface area contributed by atoms with E-state index in [9.17, 15) is 14.5 Å². The van der Waals surface area contributed by atoms with Crippen molar-refractivity contribution in [1.29, 1.82) is 0 Å². The molecule has 68 valence electrons. The molecule has 1 amide bonds. The van der Waals surface area contributed by atoms with Gasteiger partial charge in [-0.25, -0.2) is 4.79 Å². The first-order valence-electron chi connectivity index (χ1n) is 3.15. The van der Waals surface area contributed by atoms with Gasteiger partial charge < -0.3 is 11.5 Å². The molecule has 0 unspecified atom stereocenters. The third-order valence-corrected chi connectivity index (χ3v) is 1.13. The van der Waals surface area contributed by atoms with E-state index >= 15 is 0 Å². The summed E-state index contributed by atoms with van der Waals surface area (Å²) < 4.78 is 0. The van der Waals surface area contributed by atoms with Crippen molar-refractivity contribution in [3.63, 3.8) is 0 Å². The van der Waals surface area contributed by atoms with Crippen LogP contribution in [0.3, 0.4) is 0 Å². The van der Waals surface area contributed by atoms with E-state index in [1.165, 1.54) is 0 Å². The average Bonchev–Trinajstić information content (AvgIpc) is 2.00. The van der Waals surface area contributed by atoms with Crippen LogP contribution in [0.25, 0.3) is 0 Å². The Hall–Kier alpha value is -1.50. The van der Waals surface area contributed by atoms with E-state index in [1.54, 1.807) is 0 Å². The summed E-state index contributed by atoms with van der Waals surface area (Å²) >= 11 is 0. The van der Waals surface area contributed by atoms with Crippen molar-refractivity contribution < 1.29 is 14.4 Å². The second kappa shape index (κ2) is 5.19. The molecule has 7 heteroatoms. The van der Waals surface area contributed by atoms with Crippen molar-refractivity contribution in [3.05, 3.63) is 4.91 Å². The monoisotopic (exact) mass is 175 g/mol. The van der Waals surface area contributed by atoms with Gasteiger partial charge in [-0.15, -0.1) is 4.91 Å². The van der Waals surface area contributed by atoms with Gasteiger partial charge >= 0.3 is 5.97 Å². The molecule has 0 aromatic carbocycles. The normalized spacial score (nSPS) is 11.8. The van der Waals surface area contributed by atoms with Gasteiger partial charge in [0.2, 0.25) is 5.91 Å². The second-order valence-electron chi connectivity index (χ2n) is 2.10. The summed E-state index contributed by atoms with van der Waals surface area (Å²) in [7, 11) is 0. The maximum atomic E-state index is 10.6. The second-order valence-corrected chi connectivity index (χ2v) is 2.10. The lowest BCUT2D eigenvalue weighted by molar-refractivity contribution is -0.145. The molecule has 0 fully saturated rings. The van der Waals surface area contributed by atoms with Crippen LogP contribution in [0.2, 0.25) is 0 Å². The predicted octanol–water partition coefficient (Wildman–Crippen LogP) is -1.20. The van der Waals surface area contributed by atoms with Gasteiger partial charge in [0.15, 0.2) is 5.34 Å². The molecule has 12 heavy (non-hydrogen) atoms. The Balaban J connectivity index is 3.70. The van der Waals surface area contributed by atoms with E-state index in [4.69, 9.17) is 11.5 Å². The van der Waals surface area contributed by atoms with E-state index in [1.807, 2.05) is 5.34 Å². The summed E-state index contributed by atoms with van der Waals surface area (Å²) in [4.78, 5) is 33.9. The van der Waals surface area contributed by atoms with Gasteiger partial charge in [-0.1, -0.05) is 0 Å². The molecule has 0 aromatic heterocycles. The molecule has 0 heterocycles. The Bertz CT molecular complexity index is 193. The molecule has 0 saturated carbocycles. The largest absolute Gasteiger partial charge is 0.370 e. The average molecular weight is 175 g/mol. The molecule has 0 aliphatic rings. The molecule has 4 N–H and O–H groups in total. The van der Waals surface area contributed by atoms with Gasteiger partial charge in [-0.05, 0) is 6.42 Å². The lowest BCUT2D eigenvalue weighted by atomic mass is 10.2. The highest BCUT2D eigenvalue weighted by Crippen LogP contribution is 1.96. The minimum absolute atomic E-state index is 0.0326. The van der Waals surface area contributed by atoms with Crippen LogP contribution < -0.4 is 11.5 Å². The Labute approximate surface area is 68.0 Å². The number of rotatable bonds is 5. The maximum absolute atomic E-state index is 10.6. The van der Waals surface area contributed by atoms with Crippen LogP contribution in [0.4, 0.5) is 0 Å². The van der Waals surface area contributed by atoms with E-state index in [0.29, 0.717) is 0 Å².